The summed E-state index contributed by atoms with van der Waals surface area (Å²) >= 11 is 2.09. The summed E-state index contributed by atoms with van der Waals surface area (Å²) in [5.41, 5.74) is 3.98. The Morgan fingerprint density at radius 1 is 1.29 bits per heavy atom. The Balaban J connectivity index is 2.12. The van der Waals surface area contributed by atoms with E-state index in [0.717, 1.165) is 26.2 Å². The summed E-state index contributed by atoms with van der Waals surface area (Å²) in [6, 6.07) is 5.12. The first-order valence-electron chi connectivity index (χ1n) is 6.46. The van der Waals surface area contributed by atoms with Crippen LogP contribution in [0.4, 0.5) is 21.5 Å². The molecule has 6 heteroatoms. The van der Waals surface area contributed by atoms with E-state index in [0.29, 0.717) is 5.69 Å². The molecule has 0 atom stereocenters. The topological polar surface area (TPSA) is 41.4 Å². The van der Waals surface area contributed by atoms with Crippen molar-refractivity contribution in [2.75, 3.05) is 17.7 Å². The van der Waals surface area contributed by atoms with E-state index in [9.17, 15) is 4.39 Å². The van der Waals surface area contributed by atoms with Gasteiger partial charge in [-0.2, -0.15) is 0 Å². The third-order valence-electron chi connectivity index (χ3n) is 3.38. The van der Waals surface area contributed by atoms with Crippen molar-refractivity contribution in [3.8, 4) is 0 Å². The Bertz CT molecular complexity index is 813. The molecule has 108 valence electrons. The summed E-state index contributed by atoms with van der Waals surface area (Å²) in [4.78, 5) is 4.33. The van der Waals surface area contributed by atoms with E-state index in [4.69, 9.17) is 0 Å². The first kappa shape index (κ1) is 14.1. The van der Waals surface area contributed by atoms with E-state index in [1.165, 1.54) is 6.07 Å². The van der Waals surface area contributed by atoms with Gasteiger partial charge in [0.25, 0.3) is 0 Å². The Labute approximate surface area is 135 Å². The van der Waals surface area contributed by atoms with E-state index in [-0.39, 0.29) is 5.82 Å². The molecule has 0 radical (unpaired) electrons. The molecule has 3 rings (SSSR count). The SMILES string of the molecule is CNc1cn2ccnc2c(C)c1Nc1ccc(I)cc1F. The quantitative estimate of drug-likeness (QED) is 0.653. The van der Waals surface area contributed by atoms with E-state index < -0.39 is 0 Å². The van der Waals surface area contributed by atoms with Gasteiger partial charge < -0.3 is 15.0 Å². The van der Waals surface area contributed by atoms with Crippen LogP contribution in [0.3, 0.4) is 0 Å². The van der Waals surface area contributed by atoms with Gasteiger partial charge in [0.1, 0.15) is 11.5 Å². The molecular weight excluding hydrogens is 382 g/mol. The molecule has 1 aromatic carbocycles. The Kier molecular flexibility index (Phi) is 3.71. The van der Waals surface area contributed by atoms with Crippen molar-refractivity contribution in [2.45, 2.75) is 6.92 Å². The number of anilines is 3. The van der Waals surface area contributed by atoms with Gasteiger partial charge in [0.05, 0.1) is 17.1 Å². The van der Waals surface area contributed by atoms with Crippen LogP contribution in [0, 0.1) is 16.3 Å². The van der Waals surface area contributed by atoms with Crippen LogP contribution in [0.1, 0.15) is 5.56 Å². The molecule has 0 aliphatic carbocycles. The van der Waals surface area contributed by atoms with Crippen LogP contribution in [-0.2, 0) is 0 Å². The first-order valence-corrected chi connectivity index (χ1v) is 7.54. The molecule has 2 N–H and O–H groups in total. The van der Waals surface area contributed by atoms with Gasteiger partial charge in [0, 0.05) is 34.8 Å². The number of aromatic nitrogens is 2. The minimum absolute atomic E-state index is 0.272. The smallest absolute Gasteiger partial charge is 0.147 e. The number of hydrogen-bond donors (Lipinski definition) is 2. The van der Waals surface area contributed by atoms with E-state index in [1.54, 1.807) is 12.3 Å². The summed E-state index contributed by atoms with van der Waals surface area (Å²) < 4.78 is 16.9. The van der Waals surface area contributed by atoms with Crippen molar-refractivity contribution in [3.05, 3.63) is 51.7 Å². The minimum Gasteiger partial charge on any atom is -0.385 e. The molecule has 21 heavy (non-hydrogen) atoms. The van der Waals surface area contributed by atoms with Gasteiger partial charge in [-0.1, -0.05) is 0 Å². The molecule has 2 heterocycles. The number of nitrogens with one attached hydrogen (secondary N) is 2. The lowest BCUT2D eigenvalue weighted by Gasteiger charge is -2.16. The lowest BCUT2D eigenvalue weighted by atomic mass is 10.2. The summed E-state index contributed by atoms with van der Waals surface area (Å²) in [5.74, 6) is -0.272. The van der Waals surface area contributed by atoms with Crippen LogP contribution in [0.15, 0.2) is 36.8 Å². The number of imidazole rings is 1. The zero-order chi connectivity index (χ0) is 15.0. The fourth-order valence-corrected chi connectivity index (χ4v) is 2.75. The van der Waals surface area contributed by atoms with Crippen LogP contribution in [-0.4, -0.2) is 16.4 Å². The molecule has 4 nitrogen and oxygen atoms in total. The predicted octanol–water partition coefficient (Wildman–Crippen LogP) is 4.17. The van der Waals surface area contributed by atoms with Crippen LogP contribution in [0.25, 0.3) is 5.65 Å². The maximum atomic E-state index is 14.0. The molecule has 0 aliphatic rings. The highest BCUT2D eigenvalue weighted by molar-refractivity contribution is 14.1. The third-order valence-corrected chi connectivity index (χ3v) is 4.05. The number of aryl methyl sites for hydroxylation is 1. The molecule has 0 aliphatic heterocycles. The van der Waals surface area contributed by atoms with Gasteiger partial charge in [0.2, 0.25) is 0 Å². The average molecular weight is 396 g/mol. The molecule has 3 aromatic rings. The van der Waals surface area contributed by atoms with Gasteiger partial charge >= 0.3 is 0 Å². The number of pyridine rings is 1. The normalized spacial score (nSPS) is 10.9. The minimum atomic E-state index is -0.272. The van der Waals surface area contributed by atoms with Crippen LogP contribution in [0.2, 0.25) is 0 Å². The Hall–Kier alpha value is -1.83. The second-order valence-corrected chi connectivity index (χ2v) is 5.95. The van der Waals surface area contributed by atoms with Crippen LogP contribution < -0.4 is 10.6 Å². The van der Waals surface area contributed by atoms with E-state index >= 15 is 0 Å². The van der Waals surface area contributed by atoms with Gasteiger partial charge in [-0.05, 0) is 47.7 Å². The van der Waals surface area contributed by atoms with Crippen LogP contribution >= 0.6 is 22.6 Å². The zero-order valence-electron chi connectivity index (χ0n) is 11.6. The number of hydrogen-bond acceptors (Lipinski definition) is 3. The molecule has 0 spiro atoms. The summed E-state index contributed by atoms with van der Waals surface area (Å²) in [6.07, 6.45) is 5.57. The Morgan fingerprint density at radius 3 is 2.81 bits per heavy atom. The highest BCUT2D eigenvalue weighted by Crippen LogP contribution is 2.32. The lowest BCUT2D eigenvalue weighted by Crippen LogP contribution is -2.04. The maximum absolute atomic E-state index is 14.0. The largest absolute Gasteiger partial charge is 0.385 e. The number of halogens is 2. The molecule has 0 saturated heterocycles. The number of benzene rings is 1. The zero-order valence-corrected chi connectivity index (χ0v) is 13.8. The maximum Gasteiger partial charge on any atom is 0.147 e. The molecule has 0 amide bonds. The van der Waals surface area contributed by atoms with Gasteiger partial charge in [-0.3, -0.25) is 0 Å². The highest BCUT2D eigenvalue weighted by Gasteiger charge is 2.13. The van der Waals surface area contributed by atoms with E-state index in [1.807, 2.05) is 36.8 Å². The summed E-state index contributed by atoms with van der Waals surface area (Å²) in [7, 11) is 1.84. The van der Waals surface area contributed by atoms with Gasteiger partial charge in [-0.15, -0.1) is 0 Å². The fraction of sp³-hybridized carbons (Fsp3) is 0.133. The van der Waals surface area contributed by atoms with Crippen molar-refractivity contribution in [3.63, 3.8) is 0 Å². The molecule has 0 bridgehead atoms. The van der Waals surface area contributed by atoms with E-state index in [2.05, 4.69) is 38.2 Å². The molecule has 2 aromatic heterocycles. The first-order chi connectivity index (χ1) is 10.1. The van der Waals surface area contributed by atoms with Gasteiger partial charge in [-0.25, -0.2) is 9.37 Å². The van der Waals surface area contributed by atoms with Crippen molar-refractivity contribution >= 4 is 45.3 Å². The standard InChI is InChI=1S/C15H14FIN4/c1-9-14(20-12-4-3-10(17)7-11(12)16)13(18-2)8-21-6-5-19-15(9)21/h3-8,18,20H,1-2H3. The molecular formula is C15H14FIN4. The monoisotopic (exact) mass is 396 g/mol. The van der Waals surface area contributed by atoms with Crippen molar-refractivity contribution in [1.82, 2.24) is 9.38 Å². The number of fused-ring (bicyclic) bond motifs is 1. The van der Waals surface area contributed by atoms with Crippen LogP contribution in [0.5, 0.6) is 0 Å². The average Bonchev–Trinajstić information content (AvgIpc) is 2.92. The molecule has 0 saturated carbocycles. The summed E-state index contributed by atoms with van der Waals surface area (Å²) in [6.45, 7) is 1.97. The molecule has 0 unspecified atom stereocenters. The Morgan fingerprint density at radius 2 is 2.10 bits per heavy atom. The predicted molar refractivity (Wildman–Crippen MR) is 91.9 cm³/mol. The fourth-order valence-electron chi connectivity index (χ4n) is 2.30. The van der Waals surface area contributed by atoms with Crippen molar-refractivity contribution in [2.24, 2.45) is 0 Å². The molecule has 0 fully saturated rings. The third kappa shape index (κ3) is 2.55. The lowest BCUT2D eigenvalue weighted by molar-refractivity contribution is 0.631. The second-order valence-electron chi connectivity index (χ2n) is 4.70. The van der Waals surface area contributed by atoms with Gasteiger partial charge in [0.15, 0.2) is 0 Å². The summed E-state index contributed by atoms with van der Waals surface area (Å²) in [5, 5.41) is 6.31. The highest BCUT2D eigenvalue weighted by atomic mass is 127. The second kappa shape index (κ2) is 5.51. The van der Waals surface area contributed by atoms with Crippen molar-refractivity contribution in [1.29, 1.82) is 0 Å². The number of nitrogens with zero attached hydrogens (tertiary/aromatic N) is 2. The van der Waals surface area contributed by atoms with Crippen molar-refractivity contribution < 1.29 is 4.39 Å². The number of rotatable bonds is 3.